The monoisotopic (exact) mass is 909 g/mol. The van der Waals surface area contributed by atoms with Crippen molar-refractivity contribution in [2.45, 2.75) is 297 Å². The van der Waals surface area contributed by atoms with Gasteiger partial charge < -0.3 is 14.2 Å². The Morgan fingerprint density at radius 2 is 0.524 bits per heavy atom. The molecule has 0 aromatic rings. The second kappa shape index (κ2) is 52.3. The second-order valence-corrected chi connectivity index (χ2v) is 18.5. The van der Waals surface area contributed by atoms with Crippen LogP contribution in [0, 0.1) is 0 Å². The van der Waals surface area contributed by atoms with Crippen LogP contribution in [-0.4, -0.2) is 37.2 Å². The average Bonchev–Trinajstić information content (AvgIpc) is 3.28. The van der Waals surface area contributed by atoms with Crippen LogP contribution in [0.5, 0.6) is 0 Å². The van der Waals surface area contributed by atoms with Gasteiger partial charge >= 0.3 is 17.9 Å². The van der Waals surface area contributed by atoms with Crippen molar-refractivity contribution in [1.82, 2.24) is 0 Å². The lowest BCUT2D eigenvalue weighted by molar-refractivity contribution is -0.167. The Bertz CT molecular complexity index is 1010. The molecule has 368 valence electrons. The molecule has 0 N–H and O–H groups in total. The third-order valence-electron chi connectivity index (χ3n) is 12.1. The van der Waals surface area contributed by atoms with Crippen molar-refractivity contribution >= 4 is 17.9 Å². The summed E-state index contributed by atoms with van der Waals surface area (Å²) in [6, 6.07) is 0. The fourth-order valence-electron chi connectivity index (χ4n) is 7.90. The minimum Gasteiger partial charge on any atom is -0.462 e. The van der Waals surface area contributed by atoms with Crippen LogP contribution in [0.4, 0.5) is 0 Å². The number of hydrogen-bond donors (Lipinski definition) is 0. The van der Waals surface area contributed by atoms with Crippen LogP contribution >= 0.6 is 0 Å². The van der Waals surface area contributed by atoms with E-state index in [9.17, 15) is 14.4 Å². The van der Waals surface area contributed by atoms with E-state index in [0.29, 0.717) is 19.3 Å². The summed E-state index contributed by atoms with van der Waals surface area (Å²) < 4.78 is 16.8. The highest BCUT2D eigenvalue weighted by Gasteiger charge is 2.19. The Hall–Kier alpha value is -2.37. The van der Waals surface area contributed by atoms with E-state index in [1.807, 2.05) is 0 Å². The standard InChI is InChI=1S/C57H104O6/c1-4-7-10-13-16-19-22-25-28-31-34-37-40-43-46-49-55(58)61-52-54(63-57(60)51-48-45-42-39-36-33-30-27-24-21-18-15-12-9-6-3)53-62-56(59)50-47-44-41-38-35-32-29-26-23-20-17-14-11-8-5-2/h25-30,54H,4-24,31-53H2,1-3H3/b28-25+,29-26+,30-27+/i16+1,17+1,18+1,25+1,26+1,27+1,28+1,29+1,30+1,31+1,32+1,33+1,34+1,35+1,36+1,46+1,47+1,48+1,49+1,50+1,51+1,55+1,56+1,57+1. The molecule has 0 fully saturated rings. The summed E-state index contributed by atoms with van der Waals surface area (Å²) in [5, 5.41) is 0. The van der Waals surface area contributed by atoms with Gasteiger partial charge in [-0.1, -0.05) is 211 Å². The van der Waals surface area contributed by atoms with E-state index in [-0.39, 0.29) is 31.1 Å². The van der Waals surface area contributed by atoms with Crippen molar-refractivity contribution in [2.75, 3.05) is 13.2 Å². The zero-order valence-electron chi connectivity index (χ0n) is 42.1. The first-order chi connectivity index (χ1) is 31.0. The van der Waals surface area contributed by atoms with Crippen molar-refractivity contribution in [1.29, 1.82) is 0 Å². The first-order valence-electron chi connectivity index (χ1n) is 27.5. The number of carbonyl (C=O) groups excluding carboxylic acids is 3. The fourth-order valence-corrected chi connectivity index (χ4v) is 7.90. The first-order valence-corrected chi connectivity index (χ1v) is 27.5. The molecule has 0 aromatic heterocycles. The van der Waals surface area contributed by atoms with Crippen molar-refractivity contribution in [2.24, 2.45) is 0 Å². The molecular weight excluding hydrogens is 804 g/mol. The fraction of sp³-hybridized carbons (Fsp3) is 0.842. The largest absolute Gasteiger partial charge is 0.462 e. The number of unbranched alkanes of at least 4 members (excludes halogenated alkanes) is 33. The maximum atomic E-state index is 12.8. The van der Waals surface area contributed by atoms with E-state index in [4.69, 9.17) is 14.2 Å². The van der Waals surface area contributed by atoms with Gasteiger partial charge in [0.1, 0.15) is 13.2 Å². The van der Waals surface area contributed by atoms with E-state index in [0.717, 1.165) is 77.0 Å². The number of ether oxygens (including phenoxy) is 3. The molecule has 0 aliphatic heterocycles. The predicted molar refractivity (Wildman–Crippen MR) is 270 cm³/mol. The van der Waals surface area contributed by atoms with E-state index in [1.165, 1.54) is 173 Å². The highest BCUT2D eigenvalue weighted by molar-refractivity contribution is 5.71. The zero-order chi connectivity index (χ0) is 45.8. The highest BCUT2D eigenvalue weighted by atomic mass is 16.7. The van der Waals surface area contributed by atoms with Gasteiger partial charge in [0.2, 0.25) is 0 Å². The topological polar surface area (TPSA) is 78.9 Å². The third-order valence-corrected chi connectivity index (χ3v) is 12.1. The summed E-state index contributed by atoms with van der Waals surface area (Å²) in [6.07, 6.45) is 61.2. The normalized spacial score (nSPS) is 11.8. The molecule has 0 aromatic carbocycles. The van der Waals surface area contributed by atoms with Gasteiger partial charge in [-0.05, 0) is 96.3 Å². The number of hydrogen-bond acceptors (Lipinski definition) is 6. The molecule has 0 spiro atoms. The molecule has 0 saturated heterocycles. The molecule has 63 heavy (non-hydrogen) atoms. The molecule has 0 radical (unpaired) electrons. The summed E-state index contributed by atoms with van der Waals surface area (Å²) in [5.41, 5.74) is 0. The van der Waals surface area contributed by atoms with Crippen molar-refractivity contribution in [3.63, 3.8) is 0 Å². The lowest BCUT2D eigenvalue weighted by atomic mass is 10.2. The van der Waals surface area contributed by atoms with Gasteiger partial charge in [0, 0.05) is 19.3 Å². The van der Waals surface area contributed by atoms with Crippen LogP contribution < -0.4 is 0 Å². The Morgan fingerprint density at radius 3 is 0.794 bits per heavy atom. The number of carbonyl (C=O) groups is 3. The number of allylic oxidation sites excluding steroid dienone is 6. The Balaban J connectivity index is 4.39. The number of rotatable bonds is 50. The van der Waals surface area contributed by atoms with Gasteiger partial charge in [-0.25, -0.2) is 0 Å². The van der Waals surface area contributed by atoms with Gasteiger partial charge in [-0.15, -0.1) is 0 Å². The average molecular weight is 909 g/mol. The van der Waals surface area contributed by atoms with Gasteiger partial charge in [0.15, 0.2) is 6.10 Å². The minimum absolute atomic E-state index is 0.0806. The third kappa shape index (κ3) is 50.5. The van der Waals surface area contributed by atoms with Crippen molar-refractivity contribution < 1.29 is 28.6 Å². The van der Waals surface area contributed by atoms with Crippen LogP contribution in [-0.2, 0) is 28.6 Å². The van der Waals surface area contributed by atoms with E-state index < -0.39 is 6.10 Å². The highest BCUT2D eigenvalue weighted by Crippen LogP contribution is 2.15. The molecule has 0 aliphatic carbocycles. The number of esters is 3. The van der Waals surface area contributed by atoms with E-state index >= 15 is 0 Å². The van der Waals surface area contributed by atoms with Crippen molar-refractivity contribution in [3.05, 3.63) is 36.5 Å². The van der Waals surface area contributed by atoms with Crippen LogP contribution in [0.1, 0.15) is 290 Å². The van der Waals surface area contributed by atoms with Gasteiger partial charge in [-0.2, -0.15) is 0 Å². The van der Waals surface area contributed by atoms with Crippen LogP contribution in [0.3, 0.4) is 0 Å². The molecule has 0 heterocycles. The smallest absolute Gasteiger partial charge is 0.306 e. The van der Waals surface area contributed by atoms with Crippen LogP contribution in [0.15, 0.2) is 36.5 Å². The first kappa shape index (κ1) is 60.6. The summed E-state index contributed by atoms with van der Waals surface area (Å²) in [4.78, 5) is 38.0. The van der Waals surface area contributed by atoms with E-state index in [2.05, 4.69) is 57.2 Å². The SMILES string of the molecule is CCCCC[13CH2]CC/[13CH]=[13CH]/[13CH2][13CH2]CCC[13CH2][13CH2][13C](=O)OCC(CO[13C](=O)[13CH2][13CH2]CCC[13CH2][13CH2]/[13CH]=[13CH]/CC[13CH2]CCCCC)O[13C](=O)[13CH2][13CH2]CCC[13CH2][13CH2]/[13CH]=[13CH]/CC[13CH2]CCCCC. The Morgan fingerprint density at radius 1 is 0.302 bits per heavy atom. The molecule has 6 nitrogen and oxygen atoms in total. The molecule has 0 bridgehead atoms. The summed E-state index contributed by atoms with van der Waals surface area (Å²) in [7, 11) is 0. The summed E-state index contributed by atoms with van der Waals surface area (Å²) in [6.45, 7) is 6.63. The lowest BCUT2D eigenvalue weighted by Crippen LogP contribution is -2.30. The lowest BCUT2D eigenvalue weighted by Gasteiger charge is -2.18. The molecule has 0 amide bonds. The van der Waals surface area contributed by atoms with Gasteiger partial charge in [0.25, 0.3) is 0 Å². The molecule has 6 heteroatoms. The van der Waals surface area contributed by atoms with Gasteiger partial charge in [-0.3, -0.25) is 14.4 Å². The predicted octanol–water partition coefficient (Wildman–Crippen LogP) is 18.1. The maximum absolute atomic E-state index is 12.8. The Kier molecular flexibility index (Phi) is 50.3. The zero-order valence-corrected chi connectivity index (χ0v) is 42.1. The summed E-state index contributed by atoms with van der Waals surface area (Å²) >= 11 is 0. The van der Waals surface area contributed by atoms with Crippen molar-refractivity contribution in [3.8, 4) is 0 Å². The van der Waals surface area contributed by atoms with Gasteiger partial charge in [0.05, 0.1) is 0 Å². The Labute approximate surface area is 391 Å². The molecule has 0 aliphatic rings. The summed E-state index contributed by atoms with van der Waals surface area (Å²) in [5.74, 6) is -0.893. The second-order valence-electron chi connectivity index (χ2n) is 18.5. The molecular formula is C57H104O6. The molecule has 0 rings (SSSR count). The maximum Gasteiger partial charge on any atom is 0.306 e. The van der Waals surface area contributed by atoms with E-state index in [1.54, 1.807) is 0 Å². The minimum atomic E-state index is -0.781. The van der Waals surface area contributed by atoms with Crippen LogP contribution in [0.2, 0.25) is 0 Å². The molecule has 0 unspecified atom stereocenters. The van der Waals surface area contributed by atoms with Crippen LogP contribution in [0.25, 0.3) is 0 Å². The molecule has 0 saturated carbocycles. The quantitative estimate of drug-likeness (QED) is 0.0199. The molecule has 0 atom stereocenters.